The third-order valence-electron chi connectivity index (χ3n) is 2.65. The number of hydrogen-bond donors (Lipinski definition) is 2. The number of halogens is 3. The molecule has 0 spiro atoms. The zero-order valence-electron chi connectivity index (χ0n) is 10.3. The maximum absolute atomic E-state index is 12.1. The predicted octanol–water partition coefficient (Wildman–Crippen LogP) is 0.707. The van der Waals surface area contributed by atoms with Crippen LogP contribution < -0.4 is 10.9 Å². The van der Waals surface area contributed by atoms with Crippen molar-refractivity contribution in [3.05, 3.63) is 46.5 Å². The molecule has 20 heavy (non-hydrogen) atoms. The van der Waals surface area contributed by atoms with Crippen molar-refractivity contribution in [1.82, 2.24) is 14.7 Å². The summed E-state index contributed by atoms with van der Waals surface area (Å²) in [5.74, 6) is 0. The molecule has 0 aliphatic carbocycles. The Bertz CT molecular complexity index is 654. The number of hydrogen-bond acceptors (Lipinski definition) is 4. The van der Waals surface area contributed by atoms with E-state index in [2.05, 4.69) is 10.3 Å². The molecule has 0 saturated carbocycles. The normalized spacial score (nSPS) is 13.6. The quantitative estimate of drug-likeness (QED) is 0.869. The van der Waals surface area contributed by atoms with E-state index in [1.165, 1.54) is 10.5 Å². The minimum atomic E-state index is -4.66. The van der Waals surface area contributed by atoms with E-state index in [4.69, 9.17) is 5.11 Å². The summed E-state index contributed by atoms with van der Waals surface area (Å²) in [6.07, 6.45) is -5.55. The summed E-state index contributed by atoms with van der Waals surface area (Å²) in [6.45, 7) is -0.687. The molecular formula is C12H12F3N3O2. The SMILES string of the molecule is O=c1cc(CNCC(O)C(F)(F)F)nc2ccccn12. The summed E-state index contributed by atoms with van der Waals surface area (Å²) < 4.78 is 37.6. The van der Waals surface area contributed by atoms with E-state index >= 15 is 0 Å². The predicted molar refractivity (Wildman–Crippen MR) is 65.2 cm³/mol. The van der Waals surface area contributed by atoms with E-state index in [1.807, 2.05) is 0 Å². The van der Waals surface area contributed by atoms with Crippen molar-refractivity contribution in [2.45, 2.75) is 18.8 Å². The number of nitrogens with one attached hydrogen (secondary N) is 1. The fourth-order valence-electron chi connectivity index (χ4n) is 1.65. The maximum atomic E-state index is 12.1. The molecule has 5 nitrogen and oxygen atoms in total. The Morgan fingerprint density at radius 1 is 1.40 bits per heavy atom. The van der Waals surface area contributed by atoms with Gasteiger partial charge in [0, 0.05) is 25.4 Å². The molecule has 0 bridgehead atoms. The van der Waals surface area contributed by atoms with Gasteiger partial charge in [0.25, 0.3) is 5.56 Å². The van der Waals surface area contributed by atoms with E-state index in [-0.39, 0.29) is 12.1 Å². The van der Waals surface area contributed by atoms with Gasteiger partial charge in [-0.15, -0.1) is 0 Å². The Hall–Kier alpha value is -1.93. The van der Waals surface area contributed by atoms with Crippen molar-refractivity contribution in [3.63, 3.8) is 0 Å². The van der Waals surface area contributed by atoms with Crippen LogP contribution in [-0.2, 0) is 6.54 Å². The van der Waals surface area contributed by atoms with Crippen LogP contribution in [0.15, 0.2) is 35.3 Å². The van der Waals surface area contributed by atoms with Crippen molar-refractivity contribution in [2.24, 2.45) is 0 Å². The number of pyridine rings is 1. The molecule has 0 saturated heterocycles. The largest absolute Gasteiger partial charge is 0.415 e. The second-order valence-corrected chi connectivity index (χ2v) is 4.20. The van der Waals surface area contributed by atoms with Crippen molar-refractivity contribution < 1.29 is 18.3 Å². The maximum Gasteiger partial charge on any atom is 0.415 e. The second kappa shape index (κ2) is 5.59. The molecule has 0 aromatic carbocycles. The minimum Gasteiger partial charge on any atom is -0.382 e. The van der Waals surface area contributed by atoms with Gasteiger partial charge in [-0.05, 0) is 12.1 Å². The van der Waals surface area contributed by atoms with Crippen LogP contribution in [0.5, 0.6) is 0 Å². The summed E-state index contributed by atoms with van der Waals surface area (Å²) in [7, 11) is 0. The summed E-state index contributed by atoms with van der Waals surface area (Å²) in [5.41, 5.74) is 0.410. The van der Waals surface area contributed by atoms with Crippen LogP contribution in [0.25, 0.3) is 5.65 Å². The monoisotopic (exact) mass is 287 g/mol. The minimum absolute atomic E-state index is 0.0340. The number of aliphatic hydroxyl groups is 1. The van der Waals surface area contributed by atoms with Crippen LogP contribution in [-0.4, -0.2) is 33.3 Å². The first-order valence-corrected chi connectivity index (χ1v) is 5.81. The number of fused-ring (bicyclic) bond motifs is 1. The number of aliphatic hydroxyl groups excluding tert-OH is 1. The lowest BCUT2D eigenvalue weighted by Gasteiger charge is -2.14. The van der Waals surface area contributed by atoms with Crippen molar-refractivity contribution in [3.8, 4) is 0 Å². The van der Waals surface area contributed by atoms with E-state index < -0.39 is 18.8 Å². The molecule has 0 aliphatic rings. The number of alkyl halides is 3. The lowest BCUT2D eigenvalue weighted by Crippen LogP contribution is -2.38. The lowest BCUT2D eigenvalue weighted by atomic mass is 10.3. The lowest BCUT2D eigenvalue weighted by molar-refractivity contribution is -0.201. The molecule has 2 rings (SSSR count). The summed E-state index contributed by atoms with van der Waals surface area (Å²) >= 11 is 0. The van der Waals surface area contributed by atoms with Gasteiger partial charge < -0.3 is 10.4 Å². The van der Waals surface area contributed by atoms with Gasteiger partial charge in [0.05, 0.1) is 5.69 Å². The Morgan fingerprint density at radius 2 is 2.15 bits per heavy atom. The molecule has 2 N–H and O–H groups in total. The molecule has 0 amide bonds. The van der Waals surface area contributed by atoms with Gasteiger partial charge in [-0.1, -0.05) is 6.07 Å². The molecule has 1 atom stereocenters. The van der Waals surface area contributed by atoms with Crippen LogP contribution in [0.2, 0.25) is 0 Å². The van der Waals surface area contributed by atoms with Crippen LogP contribution in [0.4, 0.5) is 13.2 Å². The average Bonchev–Trinajstić information content (AvgIpc) is 2.37. The molecule has 2 aromatic heterocycles. The van der Waals surface area contributed by atoms with Gasteiger partial charge in [-0.25, -0.2) is 4.98 Å². The molecule has 0 fully saturated rings. The highest BCUT2D eigenvalue weighted by Gasteiger charge is 2.37. The summed E-state index contributed by atoms with van der Waals surface area (Å²) in [6, 6.07) is 6.23. The van der Waals surface area contributed by atoms with Gasteiger partial charge in [0.2, 0.25) is 0 Å². The van der Waals surface area contributed by atoms with Crippen molar-refractivity contribution >= 4 is 5.65 Å². The summed E-state index contributed by atoms with van der Waals surface area (Å²) in [5, 5.41) is 11.2. The topological polar surface area (TPSA) is 66.6 Å². The number of aromatic nitrogens is 2. The fourth-order valence-corrected chi connectivity index (χ4v) is 1.65. The third kappa shape index (κ3) is 3.34. The molecule has 108 valence electrons. The van der Waals surface area contributed by atoms with Crippen molar-refractivity contribution in [2.75, 3.05) is 6.54 Å². The van der Waals surface area contributed by atoms with Gasteiger partial charge in [-0.3, -0.25) is 9.20 Å². The van der Waals surface area contributed by atoms with Crippen LogP contribution >= 0.6 is 0 Å². The second-order valence-electron chi connectivity index (χ2n) is 4.20. The van der Waals surface area contributed by atoms with Gasteiger partial charge >= 0.3 is 6.18 Å². The molecule has 2 heterocycles. The average molecular weight is 287 g/mol. The Labute approximate surface area is 111 Å². The molecule has 8 heteroatoms. The van der Waals surface area contributed by atoms with E-state index in [0.717, 1.165) is 0 Å². The highest BCUT2D eigenvalue weighted by molar-refractivity contribution is 5.37. The number of rotatable bonds is 4. The Kier molecular flexibility index (Phi) is 4.05. The van der Waals surface area contributed by atoms with Crippen LogP contribution in [0.3, 0.4) is 0 Å². The van der Waals surface area contributed by atoms with E-state index in [1.54, 1.807) is 24.4 Å². The molecule has 2 aromatic rings. The highest BCUT2D eigenvalue weighted by Crippen LogP contribution is 2.19. The Morgan fingerprint density at radius 3 is 2.85 bits per heavy atom. The zero-order valence-corrected chi connectivity index (χ0v) is 10.3. The van der Waals surface area contributed by atoms with Gasteiger partial charge in [0.1, 0.15) is 5.65 Å². The molecule has 0 aliphatic heterocycles. The summed E-state index contributed by atoms with van der Waals surface area (Å²) in [4.78, 5) is 15.9. The fraction of sp³-hybridized carbons (Fsp3) is 0.333. The highest BCUT2D eigenvalue weighted by atomic mass is 19.4. The molecule has 0 radical (unpaired) electrons. The third-order valence-corrected chi connectivity index (χ3v) is 2.65. The first-order chi connectivity index (χ1) is 9.38. The number of nitrogens with zero attached hydrogens (tertiary/aromatic N) is 2. The molecular weight excluding hydrogens is 275 g/mol. The van der Waals surface area contributed by atoms with Gasteiger partial charge in [0.15, 0.2) is 6.10 Å². The van der Waals surface area contributed by atoms with E-state index in [9.17, 15) is 18.0 Å². The Balaban J connectivity index is 2.06. The van der Waals surface area contributed by atoms with Gasteiger partial charge in [-0.2, -0.15) is 13.2 Å². The van der Waals surface area contributed by atoms with E-state index in [0.29, 0.717) is 11.3 Å². The standard InChI is InChI=1S/C12H12F3N3O2/c13-12(14,15)9(19)7-16-6-8-5-11(20)18-4-2-1-3-10(18)17-8/h1-5,9,16,19H,6-7H2. The van der Waals surface area contributed by atoms with Crippen LogP contribution in [0, 0.1) is 0 Å². The molecule has 1 unspecified atom stereocenters. The van der Waals surface area contributed by atoms with Crippen molar-refractivity contribution in [1.29, 1.82) is 0 Å². The first kappa shape index (κ1) is 14.5. The zero-order chi connectivity index (χ0) is 14.8. The first-order valence-electron chi connectivity index (χ1n) is 5.81. The smallest absolute Gasteiger partial charge is 0.382 e. The van der Waals surface area contributed by atoms with Crippen LogP contribution in [0.1, 0.15) is 5.69 Å².